The second kappa shape index (κ2) is 8.14. The Morgan fingerprint density at radius 1 is 1.47 bits per heavy atom. The molecule has 1 saturated heterocycles. The van der Waals surface area contributed by atoms with Crippen LogP contribution in [0.3, 0.4) is 0 Å². The number of esters is 2. The molecule has 0 saturated carbocycles. The lowest BCUT2D eigenvalue weighted by atomic mass is 10.4. The number of rotatable bonds is 4. The summed E-state index contributed by atoms with van der Waals surface area (Å²) in [7, 11) is 0. The van der Waals surface area contributed by atoms with Gasteiger partial charge in [-0.05, 0) is 18.6 Å². The van der Waals surface area contributed by atoms with Crippen LogP contribution in [0.15, 0.2) is 12.7 Å². The molecule has 0 aromatic rings. The summed E-state index contributed by atoms with van der Waals surface area (Å²) < 4.78 is 15.0. The Morgan fingerprint density at radius 2 is 2.29 bits per heavy atom. The number of thioether (sulfide) groups is 1. The molecule has 1 aliphatic heterocycles. The fourth-order valence-electron chi connectivity index (χ4n) is 1.19. The molecule has 1 rings (SSSR count). The van der Waals surface area contributed by atoms with Gasteiger partial charge in [-0.2, -0.15) is 0 Å². The number of carbonyl (C=O) groups is 2. The molecule has 1 aliphatic rings. The normalized spacial score (nSPS) is 20.8. The van der Waals surface area contributed by atoms with Gasteiger partial charge >= 0.3 is 11.9 Å². The molecule has 0 radical (unpaired) electrons. The third-order valence-corrected chi connectivity index (χ3v) is 3.13. The predicted octanol–water partition coefficient (Wildman–Crippen LogP) is 1.13. The maximum absolute atomic E-state index is 11.3. The van der Waals surface area contributed by atoms with Crippen molar-refractivity contribution < 1.29 is 23.8 Å². The van der Waals surface area contributed by atoms with Crippen molar-refractivity contribution in [3.63, 3.8) is 0 Å². The second-order valence-electron chi connectivity index (χ2n) is 3.38. The molecule has 5 nitrogen and oxygen atoms in total. The van der Waals surface area contributed by atoms with Gasteiger partial charge in [0.15, 0.2) is 12.0 Å². The highest BCUT2D eigenvalue weighted by Crippen LogP contribution is 2.18. The summed E-state index contributed by atoms with van der Waals surface area (Å²) in [5.74, 6) is -0.265. The van der Waals surface area contributed by atoms with Gasteiger partial charge in [0.2, 0.25) is 0 Å². The summed E-state index contributed by atoms with van der Waals surface area (Å²) >= 11 is 1.54. The molecule has 6 heteroatoms. The van der Waals surface area contributed by atoms with E-state index < -0.39 is 11.9 Å². The zero-order valence-corrected chi connectivity index (χ0v) is 10.4. The van der Waals surface area contributed by atoms with Crippen molar-refractivity contribution in [1.82, 2.24) is 0 Å². The van der Waals surface area contributed by atoms with E-state index in [0.29, 0.717) is 13.2 Å². The van der Waals surface area contributed by atoms with E-state index in [1.807, 2.05) is 0 Å². The van der Waals surface area contributed by atoms with E-state index in [1.54, 1.807) is 0 Å². The van der Waals surface area contributed by atoms with Gasteiger partial charge < -0.3 is 14.2 Å². The highest BCUT2D eigenvalue weighted by molar-refractivity contribution is 7.99. The van der Waals surface area contributed by atoms with Crippen LogP contribution in [0.4, 0.5) is 0 Å². The van der Waals surface area contributed by atoms with Crippen molar-refractivity contribution >= 4 is 23.7 Å². The van der Waals surface area contributed by atoms with Gasteiger partial charge in [0.1, 0.15) is 0 Å². The van der Waals surface area contributed by atoms with Crippen molar-refractivity contribution in [3.8, 4) is 0 Å². The SMILES string of the molecule is C=CC(=O)OCC(=O)OC1COCCCCS1. The van der Waals surface area contributed by atoms with Crippen molar-refractivity contribution in [2.75, 3.05) is 25.6 Å². The first-order valence-electron chi connectivity index (χ1n) is 5.40. The van der Waals surface area contributed by atoms with Crippen LogP contribution in [-0.4, -0.2) is 42.9 Å². The van der Waals surface area contributed by atoms with Gasteiger partial charge in [0.25, 0.3) is 0 Å². The molecule has 96 valence electrons. The van der Waals surface area contributed by atoms with Crippen LogP contribution in [0.2, 0.25) is 0 Å². The fourth-order valence-corrected chi connectivity index (χ4v) is 2.19. The molecule has 0 aromatic carbocycles. The molecule has 1 heterocycles. The highest BCUT2D eigenvalue weighted by Gasteiger charge is 2.17. The van der Waals surface area contributed by atoms with Crippen LogP contribution in [0.1, 0.15) is 12.8 Å². The summed E-state index contributed by atoms with van der Waals surface area (Å²) in [4.78, 5) is 22.1. The number of carbonyl (C=O) groups excluding carboxylic acids is 2. The molecule has 17 heavy (non-hydrogen) atoms. The van der Waals surface area contributed by atoms with Crippen LogP contribution >= 0.6 is 11.8 Å². The summed E-state index contributed by atoms with van der Waals surface area (Å²) in [6.45, 7) is 3.91. The minimum atomic E-state index is -0.636. The molecular weight excluding hydrogens is 244 g/mol. The smallest absolute Gasteiger partial charge is 0.345 e. The molecule has 1 fully saturated rings. The Kier molecular flexibility index (Phi) is 6.73. The van der Waals surface area contributed by atoms with E-state index in [4.69, 9.17) is 9.47 Å². The average Bonchev–Trinajstić information content (AvgIpc) is 2.29. The van der Waals surface area contributed by atoms with E-state index in [1.165, 1.54) is 11.8 Å². The van der Waals surface area contributed by atoms with E-state index in [-0.39, 0.29) is 12.0 Å². The maximum Gasteiger partial charge on any atom is 0.345 e. The van der Waals surface area contributed by atoms with Crippen molar-refractivity contribution in [2.45, 2.75) is 18.3 Å². The van der Waals surface area contributed by atoms with Crippen LogP contribution in [0.25, 0.3) is 0 Å². The van der Waals surface area contributed by atoms with E-state index >= 15 is 0 Å². The molecule has 0 aliphatic carbocycles. The molecule has 0 spiro atoms. The first-order chi connectivity index (χ1) is 8.22. The largest absolute Gasteiger partial charge is 0.451 e. The standard InChI is InChI=1S/C11H16O5S/c1-2-9(12)15-7-10(13)16-11-8-14-5-3-4-6-17-11/h2,11H,1,3-8H2. The van der Waals surface area contributed by atoms with Gasteiger partial charge in [-0.25, -0.2) is 9.59 Å². The third-order valence-electron chi connectivity index (χ3n) is 2.00. The van der Waals surface area contributed by atoms with Gasteiger partial charge in [-0.15, -0.1) is 11.8 Å². The van der Waals surface area contributed by atoms with Gasteiger partial charge in [0.05, 0.1) is 6.61 Å². The Balaban J connectivity index is 2.23. The zero-order chi connectivity index (χ0) is 12.5. The van der Waals surface area contributed by atoms with Crippen LogP contribution in [-0.2, 0) is 23.8 Å². The average molecular weight is 260 g/mol. The Labute approximate surface area is 104 Å². The molecule has 1 atom stereocenters. The van der Waals surface area contributed by atoms with Crippen LogP contribution in [0, 0.1) is 0 Å². The molecule has 0 N–H and O–H groups in total. The Morgan fingerprint density at radius 3 is 3.06 bits per heavy atom. The lowest BCUT2D eigenvalue weighted by molar-refractivity contribution is -0.158. The van der Waals surface area contributed by atoms with Gasteiger partial charge in [0, 0.05) is 12.7 Å². The Hall–Kier alpha value is -1.01. The fraction of sp³-hybridized carbons (Fsp3) is 0.636. The third kappa shape index (κ3) is 6.33. The minimum absolute atomic E-state index is 0.315. The minimum Gasteiger partial charge on any atom is -0.451 e. The van der Waals surface area contributed by atoms with E-state index in [2.05, 4.69) is 11.3 Å². The lowest BCUT2D eigenvalue weighted by Crippen LogP contribution is -2.25. The lowest BCUT2D eigenvalue weighted by Gasteiger charge is -2.19. The second-order valence-corrected chi connectivity index (χ2v) is 4.65. The zero-order valence-electron chi connectivity index (χ0n) is 9.55. The Bertz CT molecular complexity index is 271. The number of hydrogen-bond donors (Lipinski definition) is 0. The molecule has 0 bridgehead atoms. The first kappa shape index (κ1) is 14.1. The first-order valence-corrected chi connectivity index (χ1v) is 6.45. The monoisotopic (exact) mass is 260 g/mol. The van der Waals surface area contributed by atoms with Crippen LogP contribution < -0.4 is 0 Å². The van der Waals surface area contributed by atoms with Crippen molar-refractivity contribution in [1.29, 1.82) is 0 Å². The van der Waals surface area contributed by atoms with Gasteiger partial charge in [-0.3, -0.25) is 0 Å². The number of hydrogen-bond acceptors (Lipinski definition) is 6. The summed E-state index contributed by atoms with van der Waals surface area (Å²) in [6.07, 6.45) is 3.08. The van der Waals surface area contributed by atoms with Crippen molar-refractivity contribution in [2.24, 2.45) is 0 Å². The van der Waals surface area contributed by atoms with Crippen molar-refractivity contribution in [3.05, 3.63) is 12.7 Å². The predicted molar refractivity (Wildman–Crippen MR) is 63.5 cm³/mol. The molecular formula is C11H16O5S. The topological polar surface area (TPSA) is 61.8 Å². The summed E-state index contributed by atoms with van der Waals surface area (Å²) in [6, 6.07) is 0. The molecule has 0 aromatic heterocycles. The molecule has 1 unspecified atom stereocenters. The highest BCUT2D eigenvalue weighted by atomic mass is 32.2. The number of ether oxygens (including phenoxy) is 3. The quantitative estimate of drug-likeness (QED) is 0.558. The van der Waals surface area contributed by atoms with Gasteiger partial charge in [-0.1, -0.05) is 6.58 Å². The summed E-state index contributed by atoms with van der Waals surface area (Å²) in [5.41, 5.74) is -0.315. The van der Waals surface area contributed by atoms with E-state index in [9.17, 15) is 9.59 Å². The summed E-state index contributed by atoms with van der Waals surface area (Å²) in [5, 5.41) is 0. The van der Waals surface area contributed by atoms with Crippen LogP contribution in [0.5, 0.6) is 0 Å². The van der Waals surface area contributed by atoms with E-state index in [0.717, 1.165) is 24.7 Å². The maximum atomic E-state index is 11.3. The molecule has 0 amide bonds.